The van der Waals surface area contributed by atoms with Crippen LogP contribution in [0.15, 0.2) is 6.07 Å². The number of aromatic nitrogens is 4. The van der Waals surface area contributed by atoms with Gasteiger partial charge in [0.05, 0.1) is 22.4 Å². The molecule has 0 saturated carbocycles. The van der Waals surface area contributed by atoms with Gasteiger partial charge in [-0.1, -0.05) is 11.4 Å². The molecule has 2 heterocycles. The van der Waals surface area contributed by atoms with Gasteiger partial charge in [0.2, 0.25) is 0 Å². The second-order valence-electron chi connectivity index (χ2n) is 4.25. The zero-order valence-corrected chi connectivity index (χ0v) is 11.7. The van der Waals surface area contributed by atoms with E-state index in [-0.39, 0.29) is 0 Å². The monoisotopic (exact) mass is 266 g/mol. The van der Waals surface area contributed by atoms with Crippen LogP contribution in [0.3, 0.4) is 0 Å². The van der Waals surface area contributed by atoms with Crippen LogP contribution in [0.4, 0.5) is 0 Å². The standard InChI is InChI=1S/C12H18N4OS/c1-4-10-12(18-15-13-10)11(17)7-9-6-8(3)14-16(9)5-2/h6,11,17H,4-5,7H2,1-3H3. The molecule has 2 aromatic heterocycles. The topological polar surface area (TPSA) is 63.8 Å². The van der Waals surface area contributed by atoms with E-state index in [2.05, 4.69) is 14.7 Å². The van der Waals surface area contributed by atoms with E-state index in [4.69, 9.17) is 0 Å². The fraction of sp³-hybridized carbons (Fsp3) is 0.583. The molecule has 5 nitrogen and oxygen atoms in total. The first kappa shape index (κ1) is 13.2. The lowest BCUT2D eigenvalue weighted by molar-refractivity contribution is 0.178. The first-order valence-corrected chi connectivity index (χ1v) is 6.95. The smallest absolute Gasteiger partial charge is 0.0972 e. The van der Waals surface area contributed by atoms with Gasteiger partial charge < -0.3 is 5.11 Å². The Labute approximate surface area is 111 Å². The SMILES string of the molecule is CCc1nnsc1C(O)Cc1cc(C)nn1CC. The highest BCUT2D eigenvalue weighted by Crippen LogP contribution is 2.24. The summed E-state index contributed by atoms with van der Waals surface area (Å²) < 4.78 is 5.84. The van der Waals surface area contributed by atoms with Gasteiger partial charge in [-0.25, -0.2) is 0 Å². The van der Waals surface area contributed by atoms with Crippen molar-refractivity contribution in [3.8, 4) is 0 Å². The average Bonchev–Trinajstić information content (AvgIpc) is 2.95. The van der Waals surface area contributed by atoms with Gasteiger partial charge in [0.25, 0.3) is 0 Å². The van der Waals surface area contributed by atoms with Crippen molar-refractivity contribution in [3.63, 3.8) is 0 Å². The van der Waals surface area contributed by atoms with Crippen LogP contribution in [0, 0.1) is 6.92 Å². The summed E-state index contributed by atoms with van der Waals surface area (Å²) in [5.74, 6) is 0. The van der Waals surface area contributed by atoms with Crippen molar-refractivity contribution >= 4 is 11.5 Å². The summed E-state index contributed by atoms with van der Waals surface area (Å²) in [5.41, 5.74) is 2.93. The van der Waals surface area contributed by atoms with Crippen LogP contribution >= 0.6 is 11.5 Å². The number of aliphatic hydroxyl groups is 1. The van der Waals surface area contributed by atoms with Gasteiger partial charge in [-0.05, 0) is 37.9 Å². The first-order chi connectivity index (χ1) is 8.65. The van der Waals surface area contributed by atoms with E-state index in [1.807, 2.05) is 31.5 Å². The Balaban J connectivity index is 2.18. The quantitative estimate of drug-likeness (QED) is 0.897. The van der Waals surface area contributed by atoms with Crippen molar-refractivity contribution < 1.29 is 5.11 Å². The van der Waals surface area contributed by atoms with Gasteiger partial charge in [0.1, 0.15) is 0 Å². The molecule has 98 valence electrons. The van der Waals surface area contributed by atoms with Crippen molar-refractivity contribution in [2.45, 2.75) is 46.3 Å². The molecule has 0 fully saturated rings. The molecule has 0 aliphatic rings. The summed E-state index contributed by atoms with van der Waals surface area (Å²) in [5, 5.41) is 18.7. The summed E-state index contributed by atoms with van der Waals surface area (Å²) in [7, 11) is 0. The Morgan fingerprint density at radius 1 is 1.44 bits per heavy atom. The molecule has 6 heteroatoms. The second-order valence-corrected chi connectivity index (χ2v) is 5.04. The average molecular weight is 266 g/mol. The number of hydrogen-bond donors (Lipinski definition) is 1. The van der Waals surface area contributed by atoms with Crippen LogP contribution < -0.4 is 0 Å². The van der Waals surface area contributed by atoms with Crippen molar-refractivity contribution in [2.75, 3.05) is 0 Å². The van der Waals surface area contributed by atoms with Gasteiger partial charge in [-0.2, -0.15) is 5.10 Å². The van der Waals surface area contributed by atoms with E-state index in [0.29, 0.717) is 6.42 Å². The summed E-state index contributed by atoms with van der Waals surface area (Å²) >= 11 is 1.28. The highest BCUT2D eigenvalue weighted by Gasteiger charge is 2.18. The fourth-order valence-electron chi connectivity index (χ4n) is 2.04. The number of hydrogen-bond acceptors (Lipinski definition) is 5. The lowest BCUT2D eigenvalue weighted by Gasteiger charge is -2.10. The summed E-state index contributed by atoms with van der Waals surface area (Å²) in [6.45, 7) is 6.85. The zero-order chi connectivity index (χ0) is 13.1. The van der Waals surface area contributed by atoms with Crippen LogP contribution in [0.1, 0.15) is 41.9 Å². The lowest BCUT2D eigenvalue weighted by Crippen LogP contribution is -2.08. The molecular formula is C12H18N4OS. The molecule has 2 aromatic rings. The Kier molecular flexibility index (Phi) is 4.08. The molecule has 0 bridgehead atoms. The van der Waals surface area contributed by atoms with E-state index in [0.717, 1.165) is 34.9 Å². The molecule has 0 spiro atoms. The maximum absolute atomic E-state index is 10.3. The summed E-state index contributed by atoms with van der Waals surface area (Å²) in [6, 6.07) is 2.02. The molecule has 1 unspecified atom stereocenters. The van der Waals surface area contributed by atoms with Crippen molar-refractivity contribution in [1.29, 1.82) is 0 Å². The van der Waals surface area contributed by atoms with Gasteiger partial charge in [0.15, 0.2) is 0 Å². The van der Waals surface area contributed by atoms with Crippen LogP contribution in [-0.2, 0) is 19.4 Å². The molecule has 2 rings (SSSR count). The van der Waals surface area contributed by atoms with Crippen LogP contribution in [0.5, 0.6) is 0 Å². The molecule has 0 aliphatic carbocycles. The molecule has 0 saturated heterocycles. The predicted molar refractivity (Wildman–Crippen MR) is 70.6 cm³/mol. The van der Waals surface area contributed by atoms with Crippen LogP contribution in [0.2, 0.25) is 0 Å². The number of nitrogens with zero attached hydrogens (tertiary/aromatic N) is 4. The van der Waals surface area contributed by atoms with Gasteiger partial charge in [0, 0.05) is 18.7 Å². The second kappa shape index (κ2) is 5.58. The van der Waals surface area contributed by atoms with Crippen LogP contribution in [0.25, 0.3) is 0 Å². The van der Waals surface area contributed by atoms with Crippen molar-refractivity contribution in [1.82, 2.24) is 19.4 Å². The Morgan fingerprint density at radius 3 is 2.89 bits per heavy atom. The van der Waals surface area contributed by atoms with Crippen molar-refractivity contribution in [2.24, 2.45) is 0 Å². The predicted octanol–water partition coefficient (Wildman–Crippen LogP) is 1.90. The fourth-order valence-corrected chi connectivity index (χ4v) is 2.76. The highest BCUT2D eigenvalue weighted by atomic mass is 32.1. The van der Waals surface area contributed by atoms with Gasteiger partial charge in [-0.3, -0.25) is 4.68 Å². The van der Waals surface area contributed by atoms with E-state index in [9.17, 15) is 5.11 Å². The van der Waals surface area contributed by atoms with Gasteiger partial charge in [-0.15, -0.1) is 5.10 Å². The maximum atomic E-state index is 10.3. The van der Waals surface area contributed by atoms with Gasteiger partial charge >= 0.3 is 0 Å². The number of rotatable bonds is 5. The summed E-state index contributed by atoms with van der Waals surface area (Å²) in [6.07, 6.45) is 0.821. The first-order valence-electron chi connectivity index (χ1n) is 6.18. The number of aliphatic hydroxyl groups excluding tert-OH is 1. The van der Waals surface area contributed by atoms with E-state index in [1.165, 1.54) is 11.5 Å². The third kappa shape index (κ3) is 2.59. The van der Waals surface area contributed by atoms with E-state index < -0.39 is 6.10 Å². The highest BCUT2D eigenvalue weighted by molar-refractivity contribution is 7.05. The molecule has 0 radical (unpaired) electrons. The molecular weight excluding hydrogens is 248 g/mol. The largest absolute Gasteiger partial charge is 0.387 e. The molecule has 1 atom stereocenters. The Morgan fingerprint density at radius 2 is 2.22 bits per heavy atom. The van der Waals surface area contributed by atoms with Crippen LogP contribution in [-0.4, -0.2) is 24.5 Å². The Hall–Kier alpha value is -1.27. The number of aryl methyl sites for hydroxylation is 3. The molecule has 18 heavy (non-hydrogen) atoms. The summed E-state index contributed by atoms with van der Waals surface area (Å²) in [4.78, 5) is 0.874. The minimum atomic E-state index is -0.540. The zero-order valence-electron chi connectivity index (χ0n) is 10.9. The molecule has 0 aromatic carbocycles. The molecule has 0 aliphatic heterocycles. The Bertz CT molecular complexity index is 520. The lowest BCUT2D eigenvalue weighted by atomic mass is 10.1. The van der Waals surface area contributed by atoms with E-state index >= 15 is 0 Å². The third-order valence-corrected chi connectivity index (χ3v) is 3.78. The van der Waals surface area contributed by atoms with E-state index in [1.54, 1.807) is 0 Å². The normalized spacial score (nSPS) is 12.9. The molecule has 0 amide bonds. The molecule has 1 N–H and O–H groups in total. The maximum Gasteiger partial charge on any atom is 0.0972 e. The minimum absolute atomic E-state index is 0.540. The minimum Gasteiger partial charge on any atom is -0.387 e. The third-order valence-electron chi connectivity index (χ3n) is 2.91. The van der Waals surface area contributed by atoms with Crippen molar-refractivity contribution in [3.05, 3.63) is 28.0 Å².